The van der Waals surface area contributed by atoms with Gasteiger partial charge in [-0.2, -0.15) is 0 Å². The molecule has 10 heteroatoms. The van der Waals surface area contributed by atoms with Crippen molar-refractivity contribution >= 4 is 34.8 Å². The number of nitrogens with two attached hydrogens (primary N) is 1. The maximum atomic E-state index is 12.7. The summed E-state index contributed by atoms with van der Waals surface area (Å²) in [5.74, 6) is -1.40. The van der Waals surface area contributed by atoms with Crippen LogP contribution in [-0.2, 0) is 14.1 Å². The summed E-state index contributed by atoms with van der Waals surface area (Å²) < 4.78 is 7.31. The van der Waals surface area contributed by atoms with E-state index >= 15 is 0 Å². The van der Waals surface area contributed by atoms with E-state index < -0.39 is 29.5 Å². The topological polar surface area (TPSA) is 125 Å². The Kier molecular flexibility index (Phi) is 6.26. The summed E-state index contributed by atoms with van der Waals surface area (Å²) in [7, 11) is 2.59. The molecule has 31 heavy (non-hydrogen) atoms. The van der Waals surface area contributed by atoms with E-state index in [0.29, 0.717) is 10.7 Å². The standard InChI is InChI=1S/C21H19ClN4O5/c1-25-18(23)17(20(29)26(2)21(25)30)15(27)11-31-16-9-8-12(22)10-14(16)19(28)24-13-6-4-3-5-7-13/h3-10H,11,23H2,1-2H3,(H,24,28). The first kappa shape index (κ1) is 21.8. The highest BCUT2D eigenvalue weighted by Gasteiger charge is 2.22. The fraction of sp³-hybridized carbons (Fsp3) is 0.143. The fourth-order valence-corrected chi connectivity index (χ4v) is 3.03. The number of ketones is 1. The first-order chi connectivity index (χ1) is 14.7. The van der Waals surface area contributed by atoms with Gasteiger partial charge in [0, 0.05) is 24.8 Å². The van der Waals surface area contributed by atoms with Gasteiger partial charge in [-0.15, -0.1) is 0 Å². The van der Waals surface area contributed by atoms with Gasteiger partial charge in [0.2, 0.25) is 5.78 Å². The van der Waals surface area contributed by atoms with Gasteiger partial charge in [0.05, 0.1) is 5.56 Å². The van der Waals surface area contributed by atoms with Crippen molar-refractivity contribution in [3.8, 4) is 5.75 Å². The summed E-state index contributed by atoms with van der Waals surface area (Å²) in [5, 5.41) is 3.01. The van der Waals surface area contributed by atoms with Gasteiger partial charge in [-0.1, -0.05) is 29.8 Å². The number of carbonyl (C=O) groups is 2. The number of Topliss-reactive ketones (excluding diaryl/α,β-unsaturated/α-hetero) is 1. The van der Waals surface area contributed by atoms with Crippen molar-refractivity contribution in [3.05, 3.63) is 85.5 Å². The second kappa shape index (κ2) is 8.88. The number of ether oxygens (including phenoxy) is 1. The van der Waals surface area contributed by atoms with E-state index in [9.17, 15) is 19.2 Å². The molecule has 0 aliphatic carbocycles. The monoisotopic (exact) mass is 442 g/mol. The lowest BCUT2D eigenvalue weighted by molar-refractivity contribution is 0.0912. The highest BCUT2D eigenvalue weighted by atomic mass is 35.5. The minimum Gasteiger partial charge on any atom is -0.485 e. The molecule has 1 heterocycles. The number of amides is 1. The normalized spacial score (nSPS) is 10.5. The van der Waals surface area contributed by atoms with Crippen molar-refractivity contribution in [2.75, 3.05) is 17.7 Å². The van der Waals surface area contributed by atoms with Crippen LogP contribution in [0.5, 0.6) is 5.75 Å². The highest BCUT2D eigenvalue weighted by molar-refractivity contribution is 6.31. The molecule has 0 spiro atoms. The lowest BCUT2D eigenvalue weighted by atomic mass is 10.1. The van der Waals surface area contributed by atoms with E-state index in [1.165, 1.54) is 32.3 Å². The molecule has 0 bridgehead atoms. The van der Waals surface area contributed by atoms with Crippen LogP contribution in [0.15, 0.2) is 58.1 Å². The van der Waals surface area contributed by atoms with Crippen LogP contribution in [0.25, 0.3) is 0 Å². The third-order valence-electron chi connectivity index (χ3n) is 4.57. The minimum atomic E-state index is -0.827. The molecule has 3 rings (SSSR count). The first-order valence-corrected chi connectivity index (χ1v) is 9.46. The number of hydrogen-bond acceptors (Lipinski definition) is 6. The second-order valence-corrected chi connectivity index (χ2v) is 7.07. The third kappa shape index (κ3) is 4.51. The van der Waals surface area contributed by atoms with Gasteiger partial charge in [0.25, 0.3) is 11.5 Å². The van der Waals surface area contributed by atoms with Gasteiger partial charge in [-0.25, -0.2) is 4.79 Å². The summed E-state index contributed by atoms with van der Waals surface area (Å²) in [5.41, 5.74) is 4.62. The molecule has 0 radical (unpaired) electrons. The largest absolute Gasteiger partial charge is 0.485 e. The van der Waals surface area contributed by atoms with Crippen molar-refractivity contribution in [2.24, 2.45) is 14.1 Å². The highest BCUT2D eigenvalue weighted by Crippen LogP contribution is 2.24. The summed E-state index contributed by atoms with van der Waals surface area (Å²) in [6, 6.07) is 13.1. The van der Waals surface area contributed by atoms with Crippen molar-refractivity contribution in [1.29, 1.82) is 0 Å². The number of hydrogen-bond donors (Lipinski definition) is 2. The van der Waals surface area contributed by atoms with Crippen LogP contribution in [0.4, 0.5) is 11.5 Å². The fourth-order valence-electron chi connectivity index (χ4n) is 2.86. The van der Waals surface area contributed by atoms with E-state index in [-0.39, 0.29) is 22.7 Å². The Balaban J connectivity index is 1.86. The van der Waals surface area contributed by atoms with Crippen LogP contribution in [0.2, 0.25) is 5.02 Å². The van der Waals surface area contributed by atoms with Crippen LogP contribution in [0, 0.1) is 0 Å². The molecular weight excluding hydrogens is 424 g/mol. The molecular formula is C21H19ClN4O5. The molecule has 2 aromatic carbocycles. The Hall–Kier alpha value is -3.85. The number of benzene rings is 2. The Labute approximate surface area is 181 Å². The number of nitrogens with one attached hydrogen (secondary N) is 1. The zero-order valence-electron chi connectivity index (χ0n) is 16.7. The lowest BCUT2D eigenvalue weighted by Crippen LogP contribution is -2.42. The van der Waals surface area contributed by atoms with Gasteiger partial charge in [-0.05, 0) is 30.3 Å². The van der Waals surface area contributed by atoms with Gasteiger partial charge in [-0.3, -0.25) is 23.5 Å². The van der Waals surface area contributed by atoms with Crippen molar-refractivity contribution in [1.82, 2.24) is 9.13 Å². The smallest absolute Gasteiger partial charge is 0.332 e. The van der Waals surface area contributed by atoms with Crippen LogP contribution >= 0.6 is 11.6 Å². The molecule has 3 N–H and O–H groups in total. The van der Waals surface area contributed by atoms with E-state index in [1.54, 1.807) is 24.3 Å². The van der Waals surface area contributed by atoms with Crippen LogP contribution in [-0.4, -0.2) is 27.4 Å². The van der Waals surface area contributed by atoms with E-state index in [4.69, 9.17) is 22.1 Å². The molecule has 1 amide bonds. The number of anilines is 2. The molecule has 160 valence electrons. The molecule has 3 aromatic rings. The summed E-state index contributed by atoms with van der Waals surface area (Å²) >= 11 is 6.02. The average molecular weight is 443 g/mol. The van der Waals surface area contributed by atoms with E-state index in [0.717, 1.165) is 9.13 Å². The quantitative estimate of drug-likeness (QED) is 0.561. The predicted molar refractivity (Wildman–Crippen MR) is 117 cm³/mol. The number of halogens is 1. The number of nitrogen functional groups attached to an aromatic ring is 1. The van der Waals surface area contributed by atoms with Crippen molar-refractivity contribution in [2.45, 2.75) is 0 Å². The third-order valence-corrected chi connectivity index (χ3v) is 4.80. The van der Waals surface area contributed by atoms with E-state index in [2.05, 4.69) is 5.32 Å². The molecule has 1 aromatic heterocycles. The number of carbonyl (C=O) groups excluding carboxylic acids is 2. The summed E-state index contributed by atoms with van der Waals surface area (Å²) in [6.45, 7) is -0.578. The SMILES string of the molecule is Cn1c(N)c(C(=O)COc2ccc(Cl)cc2C(=O)Nc2ccccc2)c(=O)n(C)c1=O. The number of nitrogens with zero attached hydrogens (tertiary/aromatic N) is 2. The molecule has 0 aliphatic rings. The van der Waals surface area contributed by atoms with Gasteiger partial charge >= 0.3 is 5.69 Å². The van der Waals surface area contributed by atoms with Crippen molar-refractivity contribution < 1.29 is 14.3 Å². The Morgan fingerprint density at radius 2 is 1.74 bits per heavy atom. The Morgan fingerprint density at radius 1 is 1.06 bits per heavy atom. The predicted octanol–water partition coefficient (Wildman–Crippen LogP) is 1.83. The summed E-state index contributed by atoms with van der Waals surface area (Å²) in [4.78, 5) is 49.6. The van der Waals surface area contributed by atoms with Gasteiger partial charge in [0.1, 0.15) is 17.1 Å². The number of aromatic nitrogens is 2. The Morgan fingerprint density at radius 3 is 2.42 bits per heavy atom. The minimum absolute atomic E-state index is 0.0893. The maximum Gasteiger partial charge on any atom is 0.332 e. The molecule has 0 aliphatic heterocycles. The molecule has 0 unspecified atom stereocenters. The van der Waals surface area contributed by atoms with Crippen LogP contribution < -0.4 is 27.0 Å². The van der Waals surface area contributed by atoms with Gasteiger partial charge < -0.3 is 15.8 Å². The Bertz CT molecular complexity index is 1280. The molecule has 0 fully saturated rings. The number of rotatable bonds is 6. The van der Waals surface area contributed by atoms with Gasteiger partial charge in [0.15, 0.2) is 6.61 Å². The zero-order chi connectivity index (χ0) is 22.7. The molecule has 0 saturated heterocycles. The van der Waals surface area contributed by atoms with E-state index in [1.807, 2.05) is 6.07 Å². The molecule has 0 atom stereocenters. The second-order valence-electron chi connectivity index (χ2n) is 6.64. The summed E-state index contributed by atoms with van der Waals surface area (Å²) in [6.07, 6.45) is 0. The number of para-hydroxylation sites is 1. The average Bonchev–Trinajstić information content (AvgIpc) is 2.76. The maximum absolute atomic E-state index is 12.7. The lowest BCUT2D eigenvalue weighted by Gasteiger charge is -2.13. The van der Waals surface area contributed by atoms with Crippen LogP contribution in [0.1, 0.15) is 20.7 Å². The zero-order valence-corrected chi connectivity index (χ0v) is 17.5. The molecule has 9 nitrogen and oxygen atoms in total. The molecule has 0 saturated carbocycles. The van der Waals surface area contributed by atoms with Crippen LogP contribution in [0.3, 0.4) is 0 Å². The first-order valence-electron chi connectivity index (χ1n) is 9.08. The van der Waals surface area contributed by atoms with Crippen molar-refractivity contribution in [3.63, 3.8) is 0 Å².